The second-order valence-electron chi connectivity index (χ2n) is 4.50. The predicted octanol–water partition coefficient (Wildman–Crippen LogP) is 1.54. The number of rotatable bonds is 7. The molecule has 1 rings (SSSR count). The number of hydrogen-bond donors (Lipinski definition) is 2. The van der Waals surface area contributed by atoms with Crippen LogP contribution in [-0.2, 0) is 13.1 Å². The van der Waals surface area contributed by atoms with Crippen LogP contribution in [0.4, 0.5) is 0 Å². The topological polar surface area (TPSA) is 50.1 Å². The van der Waals surface area contributed by atoms with E-state index in [-0.39, 0.29) is 12.1 Å². The number of aromatic nitrogens is 2. The molecule has 0 radical (unpaired) electrons. The molecule has 1 aromatic heterocycles. The van der Waals surface area contributed by atoms with Crippen molar-refractivity contribution in [2.45, 2.75) is 52.2 Å². The first-order valence-corrected chi connectivity index (χ1v) is 6.00. The molecule has 1 heterocycles. The fourth-order valence-corrected chi connectivity index (χ4v) is 1.53. The standard InChI is InChI=1S/C12H23N3O/c1-4-6-15-10-13-7-11(15)8-14-12(3,5-2)9-16/h7,10,14,16H,4-6,8-9H2,1-3H3. The maximum atomic E-state index is 9.30. The molecule has 1 atom stereocenters. The summed E-state index contributed by atoms with van der Waals surface area (Å²) in [6, 6.07) is 0. The van der Waals surface area contributed by atoms with Crippen LogP contribution < -0.4 is 5.32 Å². The molecule has 0 aliphatic carbocycles. The van der Waals surface area contributed by atoms with E-state index >= 15 is 0 Å². The van der Waals surface area contributed by atoms with Crippen LogP contribution in [0.1, 0.15) is 39.3 Å². The van der Waals surface area contributed by atoms with Gasteiger partial charge in [0, 0.05) is 24.8 Å². The smallest absolute Gasteiger partial charge is 0.0948 e. The zero-order valence-electron chi connectivity index (χ0n) is 10.5. The maximum absolute atomic E-state index is 9.30. The van der Waals surface area contributed by atoms with Crippen molar-refractivity contribution in [3.63, 3.8) is 0 Å². The fraction of sp³-hybridized carbons (Fsp3) is 0.750. The Hall–Kier alpha value is -0.870. The van der Waals surface area contributed by atoms with Crippen molar-refractivity contribution in [2.24, 2.45) is 0 Å². The molecule has 0 saturated heterocycles. The van der Waals surface area contributed by atoms with Crippen LogP contribution in [0, 0.1) is 0 Å². The molecular formula is C12H23N3O. The summed E-state index contributed by atoms with van der Waals surface area (Å²) in [5.74, 6) is 0. The third kappa shape index (κ3) is 3.32. The number of imidazole rings is 1. The fourth-order valence-electron chi connectivity index (χ4n) is 1.53. The Labute approximate surface area is 97.7 Å². The van der Waals surface area contributed by atoms with Gasteiger partial charge in [0.1, 0.15) is 0 Å². The van der Waals surface area contributed by atoms with E-state index in [1.165, 1.54) is 5.69 Å². The van der Waals surface area contributed by atoms with Gasteiger partial charge in [-0.25, -0.2) is 4.98 Å². The summed E-state index contributed by atoms with van der Waals surface area (Å²) in [7, 11) is 0. The SMILES string of the molecule is CCCn1cncc1CNC(C)(CC)CO. The van der Waals surface area contributed by atoms with Gasteiger partial charge in [0.25, 0.3) is 0 Å². The molecule has 1 aromatic rings. The molecule has 0 saturated carbocycles. The summed E-state index contributed by atoms with van der Waals surface area (Å²) in [5.41, 5.74) is 0.983. The van der Waals surface area contributed by atoms with Gasteiger partial charge in [0.2, 0.25) is 0 Å². The van der Waals surface area contributed by atoms with Gasteiger partial charge in [0.05, 0.1) is 18.6 Å². The van der Waals surface area contributed by atoms with E-state index in [4.69, 9.17) is 0 Å². The lowest BCUT2D eigenvalue weighted by Gasteiger charge is -2.27. The number of nitrogens with zero attached hydrogens (tertiary/aromatic N) is 2. The molecule has 0 aliphatic rings. The molecule has 2 N–H and O–H groups in total. The summed E-state index contributed by atoms with van der Waals surface area (Å²) >= 11 is 0. The minimum atomic E-state index is -0.193. The van der Waals surface area contributed by atoms with Gasteiger partial charge >= 0.3 is 0 Å². The van der Waals surface area contributed by atoms with E-state index in [2.05, 4.69) is 28.7 Å². The summed E-state index contributed by atoms with van der Waals surface area (Å²) in [6.45, 7) is 8.18. The predicted molar refractivity (Wildman–Crippen MR) is 65.1 cm³/mol. The molecule has 1 unspecified atom stereocenters. The zero-order chi connectivity index (χ0) is 12.0. The lowest BCUT2D eigenvalue weighted by atomic mass is 10.0. The Morgan fingerprint density at radius 2 is 2.25 bits per heavy atom. The Morgan fingerprint density at radius 3 is 2.81 bits per heavy atom. The van der Waals surface area contributed by atoms with Crippen LogP contribution in [0.3, 0.4) is 0 Å². The Bertz CT molecular complexity index is 305. The molecule has 0 spiro atoms. The molecule has 0 amide bonds. The second-order valence-corrected chi connectivity index (χ2v) is 4.50. The zero-order valence-corrected chi connectivity index (χ0v) is 10.5. The van der Waals surface area contributed by atoms with E-state index in [0.29, 0.717) is 0 Å². The van der Waals surface area contributed by atoms with E-state index < -0.39 is 0 Å². The first-order valence-electron chi connectivity index (χ1n) is 6.00. The highest BCUT2D eigenvalue weighted by atomic mass is 16.3. The lowest BCUT2D eigenvalue weighted by Crippen LogP contribution is -2.44. The highest BCUT2D eigenvalue weighted by Gasteiger charge is 2.20. The van der Waals surface area contributed by atoms with E-state index in [9.17, 15) is 5.11 Å². The first kappa shape index (κ1) is 13.2. The Balaban J connectivity index is 2.56. The number of aryl methyl sites for hydroxylation is 1. The monoisotopic (exact) mass is 225 g/mol. The van der Waals surface area contributed by atoms with Gasteiger partial charge in [-0.3, -0.25) is 0 Å². The van der Waals surface area contributed by atoms with E-state index in [1.807, 2.05) is 19.4 Å². The van der Waals surface area contributed by atoms with Crippen LogP contribution in [0.15, 0.2) is 12.5 Å². The Kier molecular flexibility index (Phi) is 4.96. The molecule has 4 heteroatoms. The van der Waals surface area contributed by atoms with Gasteiger partial charge in [-0.2, -0.15) is 0 Å². The maximum Gasteiger partial charge on any atom is 0.0948 e. The van der Waals surface area contributed by atoms with Crippen molar-refractivity contribution >= 4 is 0 Å². The number of nitrogens with one attached hydrogen (secondary N) is 1. The minimum absolute atomic E-state index is 0.158. The van der Waals surface area contributed by atoms with Crippen molar-refractivity contribution in [1.29, 1.82) is 0 Å². The van der Waals surface area contributed by atoms with Crippen LogP contribution >= 0.6 is 0 Å². The van der Waals surface area contributed by atoms with Gasteiger partial charge in [-0.15, -0.1) is 0 Å². The molecule has 92 valence electrons. The third-order valence-corrected chi connectivity index (χ3v) is 3.09. The van der Waals surface area contributed by atoms with Gasteiger partial charge in [0.15, 0.2) is 0 Å². The number of hydrogen-bond acceptors (Lipinski definition) is 3. The quantitative estimate of drug-likeness (QED) is 0.740. The summed E-state index contributed by atoms with van der Waals surface area (Å²) < 4.78 is 2.15. The summed E-state index contributed by atoms with van der Waals surface area (Å²) in [4.78, 5) is 4.15. The van der Waals surface area contributed by atoms with Crippen molar-refractivity contribution < 1.29 is 5.11 Å². The number of aliphatic hydroxyl groups is 1. The van der Waals surface area contributed by atoms with Crippen molar-refractivity contribution in [3.8, 4) is 0 Å². The highest BCUT2D eigenvalue weighted by Crippen LogP contribution is 2.09. The van der Waals surface area contributed by atoms with Crippen molar-refractivity contribution in [3.05, 3.63) is 18.2 Å². The molecule has 0 fully saturated rings. The molecule has 16 heavy (non-hydrogen) atoms. The Morgan fingerprint density at radius 1 is 1.50 bits per heavy atom. The average Bonchev–Trinajstić information content (AvgIpc) is 2.74. The van der Waals surface area contributed by atoms with Crippen molar-refractivity contribution in [2.75, 3.05) is 6.61 Å². The summed E-state index contributed by atoms with van der Waals surface area (Å²) in [5, 5.41) is 12.7. The minimum Gasteiger partial charge on any atom is -0.394 e. The molecule has 0 bridgehead atoms. The van der Waals surface area contributed by atoms with Crippen LogP contribution in [0.25, 0.3) is 0 Å². The molecule has 0 aromatic carbocycles. The largest absolute Gasteiger partial charge is 0.394 e. The first-order chi connectivity index (χ1) is 7.65. The normalized spacial score (nSPS) is 15.0. The molecular weight excluding hydrogens is 202 g/mol. The van der Waals surface area contributed by atoms with Gasteiger partial charge in [-0.05, 0) is 19.8 Å². The van der Waals surface area contributed by atoms with Crippen molar-refractivity contribution in [1.82, 2.24) is 14.9 Å². The van der Waals surface area contributed by atoms with Crippen LogP contribution in [0.2, 0.25) is 0 Å². The average molecular weight is 225 g/mol. The summed E-state index contributed by atoms with van der Waals surface area (Å²) in [6.07, 6.45) is 5.76. The van der Waals surface area contributed by atoms with E-state index in [1.54, 1.807) is 0 Å². The number of aliphatic hydroxyl groups excluding tert-OH is 1. The third-order valence-electron chi connectivity index (χ3n) is 3.09. The highest BCUT2D eigenvalue weighted by molar-refractivity contribution is 4.99. The van der Waals surface area contributed by atoms with E-state index in [0.717, 1.165) is 25.9 Å². The van der Waals surface area contributed by atoms with Gasteiger partial charge in [-0.1, -0.05) is 13.8 Å². The lowest BCUT2D eigenvalue weighted by molar-refractivity contribution is 0.168. The molecule has 4 nitrogen and oxygen atoms in total. The second kappa shape index (κ2) is 6.01. The van der Waals surface area contributed by atoms with Gasteiger partial charge < -0.3 is 15.0 Å². The molecule has 0 aliphatic heterocycles. The van der Waals surface area contributed by atoms with Crippen LogP contribution in [-0.4, -0.2) is 26.8 Å². The van der Waals surface area contributed by atoms with Crippen LogP contribution in [0.5, 0.6) is 0 Å².